The first kappa shape index (κ1) is 15.1. The van der Waals surface area contributed by atoms with Crippen molar-refractivity contribution in [3.8, 4) is 22.9 Å². The van der Waals surface area contributed by atoms with Gasteiger partial charge < -0.3 is 18.8 Å². The van der Waals surface area contributed by atoms with E-state index in [1.54, 1.807) is 0 Å². The average Bonchev–Trinajstić information content (AvgIpc) is 1.66. The number of benzene rings is 8. The van der Waals surface area contributed by atoms with Gasteiger partial charge in [0.15, 0.2) is 0 Å². The van der Waals surface area contributed by atoms with Crippen LogP contribution in [0.15, 0.2) is 168 Å². The maximum atomic E-state index is 11.2. The number of hydrogen-bond acceptors (Lipinski definition) is 5. The number of aromatic nitrogens is 1. The molecule has 0 N–H and O–H groups in total. The lowest BCUT2D eigenvalue weighted by molar-refractivity contribution is 0.651. The van der Waals surface area contributed by atoms with Gasteiger partial charge in [0, 0.05) is 53.4 Å². The van der Waals surface area contributed by atoms with Crippen LogP contribution in [0.2, 0.25) is 0 Å². The maximum Gasteiger partial charge on any atom is 0.297 e. The molecule has 14 rings (SSSR count). The summed E-state index contributed by atoms with van der Waals surface area (Å²) in [4.78, 5) is 2.01. The maximum absolute atomic E-state index is 11.2. The molecule has 5 nitrogen and oxygen atoms in total. The summed E-state index contributed by atoms with van der Waals surface area (Å²) in [5.74, 6) is 0. The Labute approximate surface area is 374 Å². The molecule has 8 aromatic carbocycles. The van der Waals surface area contributed by atoms with Gasteiger partial charge in [0.2, 0.25) is 0 Å². The minimum atomic E-state index is -1.90. The van der Waals surface area contributed by atoms with Gasteiger partial charge in [-0.2, -0.15) is 5.26 Å². The molecule has 0 atom stereocenters. The van der Waals surface area contributed by atoms with Crippen molar-refractivity contribution < 1.29 is 41.4 Å². The summed E-state index contributed by atoms with van der Waals surface area (Å²) < 4.78 is 258. The normalized spacial score (nSPS) is 19.9. The fourth-order valence-electron chi connectivity index (χ4n) is 8.45. The Morgan fingerprint density at radius 3 is 2.22 bits per heavy atom. The van der Waals surface area contributed by atoms with E-state index in [1.165, 1.54) is 0 Å². The number of thiophene rings is 1. The lowest BCUT2D eigenvalue weighted by Crippen LogP contribution is -2.61. The van der Waals surface area contributed by atoms with Crippen LogP contribution >= 0.6 is 11.3 Å². The van der Waals surface area contributed by atoms with E-state index in [2.05, 4.69) is 0 Å². The van der Waals surface area contributed by atoms with Crippen molar-refractivity contribution in [2.24, 2.45) is 0 Å². The van der Waals surface area contributed by atoms with Crippen LogP contribution in [0.1, 0.15) is 42.6 Å². The number of anilines is 6. The summed E-state index contributed by atoms with van der Waals surface area (Å²) in [6.07, 6.45) is 0. The molecule has 3 aromatic heterocycles. The Morgan fingerprint density at radius 1 is 0.569 bits per heavy atom. The SMILES string of the molecule is [2H]c1c([2H])c([2H])c(-c2c([2H])c([2H])c3oc4c(c3c2[2H])N(c2c([2H])c([2H])c3c(sc5c([2H])c([2H])c([2H])c([2H])c53)c2[2H])c2c([2H])c(C#N)c([2H])c3c2B4c2c([2H])c([2H])c([2H])c4c2N3c2c([2H])c([2H])c([2H])c3c5c([2H])c([2H])c([2H])c([2H])c5n-4c23)c([2H])c1[2H]. The largest absolute Gasteiger partial charge is 0.468 e. The van der Waals surface area contributed by atoms with Crippen LogP contribution in [0.3, 0.4) is 0 Å². The summed E-state index contributed by atoms with van der Waals surface area (Å²) in [7, 11) is 0. The zero-order chi connectivity index (χ0) is 61.3. The summed E-state index contributed by atoms with van der Waals surface area (Å²) in [6, 6.07) is -19.9. The molecule has 3 aliphatic rings. The second-order valence-electron chi connectivity index (χ2n) is 13.4. The average molecular weight is 782 g/mol. The van der Waals surface area contributed by atoms with Gasteiger partial charge in [-0.25, -0.2) is 0 Å². The molecule has 0 radical (unpaired) electrons. The molecule has 58 heavy (non-hydrogen) atoms. The molecule has 11 aromatic rings. The number of furan rings is 1. The van der Waals surface area contributed by atoms with Gasteiger partial charge in [-0.05, 0) is 82.5 Å². The highest BCUT2D eigenvalue weighted by molar-refractivity contribution is 7.25. The molecule has 0 bridgehead atoms. The van der Waals surface area contributed by atoms with E-state index in [1.807, 2.05) is 6.07 Å². The van der Waals surface area contributed by atoms with Crippen LogP contribution in [-0.4, -0.2) is 11.3 Å². The molecule has 0 aliphatic carbocycles. The summed E-state index contributed by atoms with van der Waals surface area (Å²) in [5, 5.41) is 9.41. The van der Waals surface area contributed by atoms with Gasteiger partial charge in [-0.15, -0.1) is 11.3 Å². The highest BCUT2D eigenvalue weighted by Crippen LogP contribution is 2.53. The molecule has 0 saturated heterocycles. The first-order valence-electron chi connectivity index (χ1n) is 30.9. The highest BCUT2D eigenvalue weighted by Gasteiger charge is 2.49. The third kappa shape index (κ3) is 3.76. The smallest absolute Gasteiger partial charge is 0.297 e. The lowest BCUT2D eigenvalue weighted by atomic mass is 9.35. The Bertz CT molecular complexity index is 5250. The van der Waals surface area contributed by atoms with Crippen molar-refractivity contribution in [1.82, 2.24) is 4.57 Å². The van der Waals surface area contributed by atoms with Gasteiger partial charge in [0.05, 0.1) is 88.1 Å². The Balaban J connectivity index is 1.26. The van der Waals surface area contributed by atoms with Gasteiger partial charge in [-0.1, -0.05) is 103 Å². The zero-order valence-electron chi connectivity index (χ0n) is 55.7. The third-order valence-electron chi connectivity index (χ3n) is 10.6. The number of fused-ring (bicyclic) bond motifs is 14. The fourth-order valence-corrected chi connectivity index (χ4v) is 9.42. The second-order valence-corrected chi connectivity index (χ2v) is 14.5. The van der Waals surface area contributed by atoms with Gasteiger partial charge >= 0.3 is 0 Å². The fraction of sp³-hybridized carbons (Fsp3) is 0. The Morgan fingerprint density at radius 2 is 1.33 bits per heavy atom. The van der Waals surface area contributed by atoms with Crippen molar-refractivity contribution in [3.05, 3.63) is 169 Å². The number of nitriles is 1. The number of para-hydroxylation sites is 3. The number of hydrogen-bond donors (Lipinski definition) is 0. The minimum Gasteiger partial charge on any atom is -0.468 e. The molecule has 266 valence electrons. The zero-order valence-corrected chi connectivity index (χ0v) is 29.5. The van der Waals surface area contributed by atoms with Crippen LogP contribution in [-0.2, 0) is 0 Å². The molecule has 0 fully saturated rings. The van der Waals surface area contributed by atoms with Gasteiger partial charge in [0.1, 0.15) is 5.58 Å². The Hall–Kier alpha value is -7.53. The van der Waals surface area contributed by atoms with E-state index in [9.17, 15) is 27.2 Å². The van der Waals surface area contributed by atoms with Crippen molar-refractivity contribution in [1.29, 1.82) is 5.26 Å². The van der Waals surface area contributed by atoms with Crippen LogP contribution in [0.25, 0.3) is 69.8 Å². The van der Waals surface area contributed by atoms with Crippen molar-refractivity contribution in [2.45, 2.75) is 0 Å². The summed E-state index contributed by atoms with van der Waals surface area (Å²) >= 11 is 0.635. The summed E-state index contributed by atoms with van der Waals surface area (Å²) in [6.45, 7) is -1.90. The third-order valence-corrected chi connectivity index (χ3v) is 11.7. The topological polar surface area (TPSA) is 48.3 Å². The quantitative estimate of drug-likeness (QED) is 0.164. The van der Waals surface area contributed by atoms with Crippen LogP contribution < -0.4 is 26.4 Å². The minimum absolute atomic E-state index is 0.133. The summed E-state index contributed by atoms with van der Waals surface area (Å²) in [5.41, 5.74) is -8.73. The van der Waals surface area contributed by atoms with E-state index in [0.717, 1.165) is 14.4 Å². The molecule has 3 aliphatic heterocycles. The van der Waals surface area contributed by atoms with Crippen molar-refractivity contribution in [3.63, 3.8) is 0 Å². The molecule has 6 heterocycles. The standard InChI is InChI=1S/C51H27BN4OS/c53-28-29-24-42-47-43(25-29)56-40-17-8-14-36-33-12-4-6-16-39(33)55(48(36)40)41-18-9-15-38(50(41)56)52(47)51-49(37-26-31(20-23-44(37)57-51)30-10-2-1-3-11-30)54(42)32-21-22-35-34-13-5-7-19-45(34)58-46(35)27-32/h1-27H/i1D,2D,3D,4D,5D,6D,7D,8D,9D,10D,11D,12D,13D,14D,15D,16D,17D,18D,19D,20D,21D,22D,23D,24D,25D,26D,27D. The highest BCUT2D eigenvalue weighted by atomic mass is 32.1. The van der Waals surface area contributed by atoms with E-state index >= 15 is 0 Å². The first-order valence-corrected chi connectivity index (χ1v) is 18.2. The molecular formula is C51H27BN4OS. The Kier molecular flexibility index (Phi) is 2.83. The van der Waals surface area contributed by atoms with Crippen LogP contribution in [0.5, 0.6) is 0 Å². The van der Waals surface area contributed by atoms with Crippen molar-refractivity contribution in [2.75, 3.05) is 9.80 Å². The van der Waals surface area contributed by atoms with Gasteiger partial charge in [-0.3, -0.25) is 0 Å². The van der Waals surface area contributed by atoms with Crippen molar-refractivity contribution >= 4 is 122 Å². The molecule has 0 spiro atoms. The number of rotatable bonds is 2. The second kappa shape index (κ2) is 10.9. The van der Waals surface area contributed by atoms with Crippen LogP contribution in [0.4, 0.5) is 34.1 Å². The van der Waals surface area contributed by atoms with E-state index in [0.29, 0.717) is 11.3 Å². The lowest BCUT2D eigenvalue weighted by Gasteiger charge is -2.44. The van der Waals surface area contributed by atoms with Gasteiger partial charge in [0.25, 0.3) is 6.71 Å². The molecule has 0 amide bonds. The van der Waals surface area contributed by atoms with Crippen LogP contribution in [0, 0.1) is 11.3 Å². The molecule has 0 unspecified atom stereocenters. The predicted octanol–water partition coefficient (Wildman–Crippen LogP) is 11.8. The monoisotopic (exact) mass is 781 g/mol. The van der Waals surface area contributed by atoms with E-state index < -0.39 is 254 Å². The molecule has 7 heteroatoms. The van der Waals surface area contributed by atoms with E-state index in [-0.39, 0.29) is 41.9 Å². The predicted molar refractivity (Wildman–Crippen MR) is 241 cm³/mol. The molecular weight excluding hydrogens is 727 g/mol. The number of nitrogens with zero attached hydrogens (tertiary/aromatic N) is 4. The first-order chi connectivity index (χ1) is 40.0. The van der Waals surface area contributed by atoms with E-state index in [4.69, 9.17) is 19.5 Å². The molecule has 0 saturated carbocycles.